The number of hydrogen-bond donors (Lipinski definition) is 2. The molecule has 6 heteroatoms. The molecule has 1 fully saturated rings. The number of nitrogens with two attached hydrogens (primary N) is 1. The molecule has 1 aromatic rings. The molecule has 0 heterocycles. The third-order valence-electron chi connectivity index (χ3n) is 3.74. The van der Waals surface area contributed by atoms with Crippen molar-refractivity contribution in [3.05, 3.63) is 24.3 Å². The van der Waals surface area contributed by atoms with Gasteiger partial charge < -0.3 is 20.5 Å². The summed E-state index contributed by atoms with van der Waals surface area (Å²) in [5.74, 6) is 1.28. The van der Waals surface area contributed by atoms with E-state index in [0.717, 1.165) is 31.0 Å². The summed E-state index contributed by atoms with van der Waals surface area (Å²) in [7, 11) is 3.38. The Kier molecular flexibility index (Phi) is 7.24. The van der Waals surface area contributed by atoms with Gasteiger partial charge in [0.1, 0.15) is 5.75 Å². The Balaban J connectivity index is 0.00000220. The van der Waals surface area contributed by atoms with Crippen molar-refractivity contribution in [3.8, 4) is 5.75 Å². The number of nitrogens with zero attached hydrogens (tertiary/aromatic N) is 1. The number of guanidine groups is 1. The predicted octanol–water partition coefficient (Wildman–Crippen LogP) is 2.86. The number of aliphatic imine (C=N–C) groups is 1. The van der Waals surface area contributed by atoms with Gasteiger partial charge >= 0.3 is 0 Å². The minimum absolute atomic E-state index is 0. The third kappa shape index (κ3) is 5.70. The summed E-state index contributed by atoms with van der Waals surface area (Å²) in [5.41, 5.74) is 7.15. The highest BCUT2D eigenvalue weighted by Crippen LogP contribution is 2.48. The molecule has 118 valence electrons. The normalized spacial score (nSPS) is 16.0. The molecule has 5 nitrogen and oxygen atoms in total. The molecular weight excluding hydrogens is 381 g/mol. The minimum atomic E-state index is 0. The van der Waals surface area contributed by atoms with E-state index in [1.165, 1.54) is 12.8 Å². The Morgan fingerprint density at radius 2 is 1.95 bits per heavy atom. The fourth-order valence-corrected chi connectivity index (χ4v) is 2.10. The van der Waals surface area contributed by atoms with E-state index < -0.39 is 0 Å². The molecule has 1 saturated carbocycles. The summed E-state index contributed by atoms with van der Waals surface area (Å²) in [4.78, 5) is 4.45. The maximum absolute atomic E-state index is 5.92. The molecule has 1 aromatic carbocycles. The average molecular weight is 405 g/mol. The van der Waals surface area contributed by atoms with Crippen LogP contribution < -0.4 is 15.8 Å². The largest absolute Gasteiger partial charge is 0.497 e. The fraction of sp³-hybridized carbons (Fsp3) is 0.533. The molecule has 0 radical (unpaired) electrons. The molecule has 0 spiro atoms. The van der Waals surface area contributed by atoms with Crippen LogP contribution in [0.5, 0.6) is 5.75 Å². The predicted molar refractivity (Wildman–Crippen MR) is 96.7 cm³/mol. The van der Waals surface area contributed by atoms with Gasteiger partial charge in [-0.25, -0.2) is 0 Å². The van der Waals surface area contributed by atoms with Crippen LogP contribution in [0.3, 0.4) is 0 Å². The highest BCUT2D eigenvalue weighted by atomic mass is 127. The summed E-state index contributed by atoms with van der Waals surface area (Å²) in [6.45, 7) is 1.56. The summed E-state index contributed by atoms with van der Waals surface area (Å²) in [6, 6.07) is 7.60. The van der Waals surface area contributed by atoms with Crippen molar-refractivity contribution in [1.82, 2.24) is 0 Å². The maximum Gasteiger partial charge on any atom is 0.193 e. The Hall–Kier alpha value is -1.02. The van der Waals surface area contributed by atoms with Crippen LogP contribution in [0.1, 0.15) is 19.3 Å². The van der Waals surface area contributed by atoms with E-state index in [-0.39, 0.29) is 24.0 Å². The van der Waals surface area contributed by atoms with Gasteiger partial charge in [-0.3, -0.25) is 4.99 Å². The molecule has 0 bridgehead atoms. The molecule has 3 N–H and O–H groups in total. The Bertz CT molecular complexity index is 458. The van der Waals surface area contributed by atoms with Gasteiger partial charge in [0.05, 0.1) is 7.11 Å². The van der Waals surface area contributed by atoms with E-state index in [0.29, 0.717) is 11.4 Å². The van der Waals surface area contributed by atoms with Gasteiger partial charge in [0, 0.05) is 25.9 Å². The number of anilines is 1. The summed E-state index contributed by atoms with van der Waals surface area (Å²) in [6.07, 6.45) is 3.49. The van der Waals surface area contributed by atoms with Crippen molar-refractivity contribution < 1.29 is 9.47 Å². The lowest BCUT2D eigenvalue weighted by Crippen LogP contribution is -2.24. The fourth-order valence-electron chi connectivity index (χ4n) is 2.10. The number of hydrogen-bond acceptors (Lipinski definition) is 3. The number of nitrogens with one attached hydrogen (secondary N) is 1. The van der Waals surface area contributed by atoms with Crippen LogP contribution in [0.25, 0.3) is 0 Å². The minimum Gasteiger partial charge on any atom is -0.497 e. The van der Waals surface area contributed by atoms with Gasteiger partial charge in [0.15, 0.2) is 5.96 Å². The molecule has 0 unspecified atom stereocenters. The summed E-state index contributed by atoms with van der Waals surface area (Å²) < 4.78 is 10.2. The molecule has 0 saturated heterocycles. The second-order valence-electron chi connectivity index (χ2n) is 5.30. The Morgan fingerprint density at radius 3 is 2.48 bits per heavy atom. The molecule has 2 rings (SSSR count). The first-order valence-electron chi connectivity index (χ1n) is 6.87. The van der Waals surface area contributed by atoms with Crippen LogP contribution in [0.4, 0.5) is 5.69 Å². The second kappa shape index (κ2) is 8.43. The number of methoxy groups -OCH3 is 2. The molecular formula is C15H24IN3O2. The summed E-state index contributed by atoms with van der Waals surface area (Å²) >= 11 is 0. The molecule has 0 amide bonds. The lowest BCUT2D eigenvalue weighted by atomic mass is 10.0. The van der Waals surface area contributed by atoms with Gasteiger partial charge in [-0.05, 0) is 48.9 Å². The van der Waals surface area contributed by atoms with Crippen molar-refractivity contribution in [1.29, 1.82) is 0 Å². The molecule has 0 aromatic heterocycles. The first kappa shape index (κ1) is 18.0. The first-order valence-corrected chi connectivity index (χ1v) is 6.87. The van der Waals surface area contributed by atoms with Crippen LogP contribution in [-0.4, -0.2) is 33.3 Å². The van der Waals surface area contributed by atoms with Crippen LogP contribution in [0.15, 0.2) is 29.3 Å². The van der Waals surface area contributed by atoms with Crippen molar-refractivity contribution >= 4 is 35.6 Å². The van der Waals surface area contributed by atoms with Gasteiger partial charge in [-0.2, -0.15) is 0 Å². The van der Waals surface area contributed by atoms with Crippen molar-refractivity contribution in [3.63, 3.8) is 0 Å². The molecule has 21 heavy (non-hydrogen) atoms. The lowest BCUT2D eigenvalue weighted by Gasteiger charge is -2.12. The summed E-state index contributed by atoms with van der Waals surface area (Å²) in [5, 5.41) is 3.09. The van der Waals surface area contributed by atoms with Gasteiger partial charge in [0.2, 0.25) is 0 Å². The van der Waals surface area contributed by atoms with E-state index in [2.05, 4.69) is 10.3 Å². The molecule has 1 aliphatic rings. The number of ether oxygens (including phenoxy) is 2. The van der Waals surface area contributed by atoms with Gasteiger partial charge in [0.25, 0.3) is 0 Å². The standard InChI is InChI=1S/C15H23N3O2.HI/c1-19-10-9-15(7-8-15)11-17-14(16)18-12-3-5-13(20-2)6-4-12;/h3-6H,7-11H2,1-2H3,(H3,16,17,18);1H. The quantitative estimate of drug-likeness (QED) is 0.416. The highest BCUT2D eigenvalue weighted by molar-refractivity contribution is 14.0. The average Bonchev–Trinajstić information content (AvgIpc) is 3.24. The monoisotopic (exact) mass is 405 g/mol. The van der Waals surface area contributed by atoms with E-state index in [1.807, 2.05) is 24.3 Å². The highest BCUT2D eigenvalue weighted by Gasteiger charge is 2.41. The van der Waals surface area contributed by atoms with Gasteiger partial charge in [-0.15, -0.1) is 24.0 Å². The van der Waals surface area contributed by atoms with Crippen LogP contribution >= 0.6 is 24.0 Å². The first-order chi connectivity index (χ1) is 9.67. The molecule has 1 aliphatic carbocycles. The van der Waals surface area contributed by atoms with Gasteiger partial charge in [-0.1, -0.05) is 0 Å². The zero-order valence-corrected chi connectivity index (χ0v) is 14.9. The van der Waals surface area contributed by atoms with E-state index in [4.69, 9.17) is 15.2 Å². The van der Waals surface area contributed by atoms with Crippen molar-refractivity contribution in [2.24, 2.45) is 16.1 Å². The van der Waals surface area contributed by atoms with Crippen molar-refractivity contribution in [2.45, 2.75) is 19.3 Å². The van der Waals surface area contributed by atoms with E-state index in [9.17, 15) is 0 Å². The van der Waals surface area contributed by atoms with Crippen LogP contribution in [-0.2, 0) is 4.74 Å². The zero-order valence-electron chi connectivity index (χ0n) is 12.6. The molecule has 0 aliphatic heterocycles. The molecule has 0 atom stereocenters. The van der Waals surface area contributed by atoms with E-state index in [1.54, 1.807) is 14.2 Å². The number of halogens is 1. The Labute approximate surface area is 143 Å². The van der Waals surface area contributed by atoms with Crippen LogP contribution in [0.2, 0.25) is 0 Å². The third-order valence-corrected chi connectivity index (χ3v) is 3.74. The number of rotatable bonds is 7. The topological polar surface area (TPSA) is 68.9 Å². The second-order valence-corrected chi connectivity index (χ2v) is 5.30. The smallest absolute Gasteiger partial charge is 0.193 e. The van der Waals surface area contributed by atoms with Crippen molar-refractivity contribution in [2.75, 3.05) is 32.7 Å². The number of benzene rings is 1. The lowest BCUT2D eigenvalue weighted by molar-refractivity contribution is 0.174. The maximum atomic E-state index is 5.92. The Morgan fingerprint density at radius 1 is 1.29 bits per heavy atom. The van der Waals surface area contributed by atoms with Crippen LogP contribution in [0, 0.1) is 5.41 Å². The SMILES string of the molecule is COCCC1(CN=C(N)Nc2ccc(OC)cc2)CC1.I. The zero-order chi connectivity index (χ0) is 14.4. The van der Waals surface area contributed by atoms with E-state index >= 15 is 0 Å².